The van der Waals surface area contributed by atoms with Crippen molar-refractivity contribution >= 4 is 40.0 Å². The van der Waals surface area contributed by atoms with Crippen LogP contribution >= 0.6 is 15.9 Å². The second-order valence-corrected chi connectivity index (χ2v) is 9.22. The lowest BCUT2D eigenvalue weighted by Crippen LogP contribution is -2.32. The van der Waals surface area contributed by atoms with E-state index in [-0.39, 0.29) is 5.59 Å². The van der Waals surface area contributed by atoms with Gasteiger partial charge in [0, 0.05) is 23.1 Å². The normalized spacial score (nSPS) is 11.3. The first kappa shape index (κ1) is 32.2. The highest BCUT2D eigenvalue weighted by atomic mass is 79.9. The number of aromatic nitrogens is 3. The van der Waals surface area contributed by atoms with Crippen molar-refractivity contribution < 1.29 is 20.3 Å². The minimum Gasteiger partial charge on any atom is -0.422 e. The zero-order valence-electron chi connectivity index (χ0n) is 22.1. The third kappa shape index (κ3) is 10.3. The zero-order valence-corrected chi connectivity index (χ0v) is 23.6. The maximum atomic E-state index is 9.66. The molecule has 0 saturated heterocycles. The average Bonchev–Trinajstić information content (AvgIpc) is 3.01. The van der Waals surface area contributed by atoms with Crippen LogP contribution in [0.25, 0.3) is 20.8 Å². The Hall–Kier alpha value is -3.97. The van der Waals surface area contributed by atoms with E-state index in [2.05, 4.69) is 40.6 Å². The summed E-state index contributed by atoms with van der Waals surface area (Å²) < 4.78 is 0.935. The van der Waals surface area contributed by atoms with Gasteiger partial charge >= 0.3 is 7.12 Å². The predicted octanol–water partition coefficient (Wildman–Crippen LogP) is 5.34. The molecule has 0 bridgehead atoms. The molecule has 0 radical (unpaired) electrons. The van der Waals surface area contributed by atoms with Crippen LogP contribution < -0.4 is 5.59 Å². The number of benzene rings is 1. The molecule has 0 spiro atoms. The van der Waals surface area contributed by atoms with Crippen LogP contribution in [0.1, 0.15) is 50.3 Å². The largest absolute Gasteiger partial charge is 0.507 e. The van der Waals surface area contributed by atoms with Crippen LogP contribution in [0.15, 0.2) is 83.7 Å². The molecule has 9 nitrogen and oxygen atoms in total. The van der Waals surface area contributed by atoms with Gasteiger partial charge in [0.25, 0.3) is 0 Å². The van der Waals surface area contributed by atoms with E-state index in [4.69, 9.17) is 23.2 Å². The van der Waals surface area contributed by atoms with Crippen LogP contribution in [0, 0.1) is 13.1 Å². The van der Waals surface area contributed by atoms with E-state index in [0.29, 0.717) is 29.9 Å². The topological polar surface area (TPSA) is 128 Å². The van der Waals surface area contributed by atoms with Crippen molar-refractivity contribution in [3.05, 3.63) is 118 Å². The second kappa shape index (κ2) is 16.9. The Balaban J connectivity index is 0.000000222. The zero-order chi connectivity index (χ0) is 29.5. The van der Waals surface area contributed by atoms with E-state index in [9.17, 15) is 10.2 Å². The van der Waals surface area contributed by atoms with E-state index in [1.54, 1.807) is 24.5 Å². The molecule has 4 rings (SSSR count). The Kier molecular flexibility index (Phi) is 13.6. The highest BCUT2D eigenvalue weighted by Crippen LogP contribution is 2.23. The van der Waals surface area contributed by atoms with Crippen molar-refractivity contribution in [3.63, 3.8) is 0 Å². The lowest BCUT2D eigenvalue weighted by atomic mass is 9.86. The number of aliphatic hydroxyl groups is 2. The van der Waals surface area contributed by atoms with Crippen molar-refractivity contribution in [1.29, 1.82) is 0 Å². The summed E-state index contributed by atoms with van der Waals surface area (Å²) in [6.45, 7) is 17.3. The highest BCUT2D eigenvalue weighted by Gasteiger charge is 2.11. The molecule has 0 fully saturated rings. The van der Waals surface area contributed by atoms with Crippen molar-refractivity contribution in [3.8, 4) is 11.1 Å². The summed E-state index contributed by atoms with van der Waals surface area (Å²) in [5, 5.41) is 36.2. The highest BCUT2D eigenvalue weighted by molar-refractivity contribution is 9.10. The van der Waals surface area contributed by atoms with Crippen LogP contribution in [0.2, 0.25) is 0 Å². The van der Waals surface area contributed by atoms with Gasteiger partial charge in [0.15, 0.2) is 5.69 Å². The Morgan fingerprint density at radius 3 is 1.62 bits per heavy atom. The summed E-state index contributed by atoms with van der Waals surface area (Å²) in [6.07, 6.45) is 5.17. The standard InChI is InChI=1S/C15H14N2O.C8H10BrNO.C6H5BN2O2/c1-3-15(18)14-9-6-12(10-17-14)11-4-7-13(16-2)8-5-11;1-2-8(11)7-4-3-6(9)5-10-7;1-8-5-2-3-6(7(10)11)9-4-5/h4-10,15,18H,3H2,1H3;3-5,8,11H,2H2,1H3;2-4,10-11H. The van der Waals surface area contributed by atoms with Crippen LogP contribution in [0.5, 0.6) is 0 Å². The average molecular weight is 602 g/mol. The quantitative estimate of drug-likeness (QED) is 0.173. The summed E-state index contributed by atoms with van der Waals surface area (Å²) in [6, 6.07) is 17.7. The second-order valence-electron chi connectivity index (χ2n) is 8.31. The SMILES string of the molecule is CCC(O)c1ccc(Br)cn1.[C-]#[N+]c1ccc(-c2ccc(C(O)CC)nc2)cc1.[C-]#[N+]c1ccc(B(O)O)nc1. The molecule has 0 saturated carbocycles. The molecule has 11 heteroatoms. The molecule has 4 aromatic rings. The van der Waals surface area contributed by atoms with E-state index in [0.717, 1.165) is 21.3 Å². The molecule has 0 aliphatic carbocycles. The first-order valence-electron chi connectivity index (χ1n) is 12.3. The third-order valence-corrected chi connectivity index (χ3v) is 5.96. The molecule has 0 aliphatic heterocycles. The minimum absolute atomic E-state index is 0.150. The van der Waals surface area contributed by atoms with Crippen LogP contribution in [-0.4, -0.2) is 42.3 Å². The molecule has 2 unspecified atom stereocenters. The Morgan fingerprint density at radius 1 is 0.700 bits per heavy atom. The maximum Gasteiger partial charge on any atom is 0.507 e. The van der Waals surface area contributed by atoms with E-state index in [1.807, 2.05) is 50.2 Å². The number of pyridine rings is 3. The van der Waals surface area contributed by atoms with Crippen molar-refractivity contribution in [1.82, 2.24) is 15.0 Å². The molecule has 0 amide bonds. The lowest BCUT2D eigenvalue weighted by Gasteiger charge is -2.08. The number of rotatable bonds is 6. The Morgan fingerprint density at radius 2 is 1.23 bits per heavy atom. The monoisotopic (exact) mass is 601 g/mol. The number of aliphatic hydroxyl groups excluding tert-OH is 2. The number of hydrogen-bond donors (Lipinski definition) is 4. The summed E-state index contributed by atoms with van der Waals surface area (Å²) in [7, 11) is -1.56. The van der Waals surface area contributed by atoms with Gasteiger partial charge in [-0.2, -0.15) is 0 Å². The first-order chi connectivity index (χ1) is 19.2. The number of hydrogen-bond acceptors (Lipinski definition) is 7. The fourth-order valence-corrected chi connectivity index (χ4v) is 3.36. The van der Waals surface area contributed by atoms with Gasteiger partial charge in [0.05, 0.1) is 42.3 Å². The fourth-order valence-electron chi connectivity index (χ4n) is 3.12. The van der Waals surface area contributed by atoms with Gasteiger partial charge in [-0.1, -0.05) is 56.3 Å². The van der Waals surface area contributed by atoms with Crippen molar-refractivity contribution in [2.45, 2.75) is 38.9 Å². The van der Waals surface area contributed by atoms with E-state index < -0.39 is 19.3 Å². The van der Waals surface area contributed by atoms with Gasteiger partial charge in [-0.15, -0.1) is 0 Å². The maximum absolute atomic E-state index is 9.66. The third-order valence-electron chi connectivity index (χ3n) is 5.49. The molecule has 3 heterocycles. The molecule has 40 heavy (non-hydrogen) atoms. The van der Waals surface area contributed by atoms with Crippen molar-refractivity contribution in [2.24, 2.45) is 0 Å². The van der Waals surface area contributed by atoms with Gasteiger partial charge < -0.3 is 20.3 Å². The van der Waals surface area contributed by atoms with Crippen LogP contribution in [-0.2, 0) is 0 Å². The Bertz CT molecular complexity index is 1390. The molecule has 2 atom stereocenters. The summed E-state index contributed by atoms with van der Waals surface area (Å²) in [5.74, 6) is 0. The smallest absolute Gasteiger partial charge is 0.422 e. The van der Waals surface area contributed by atoms with E-state index >= 15 is 0 Å². The molecular formula is C29H29BBrN5O4. The number of nitrogens with zero attached hydrogens (tertiary/aromatic N) is 5. The van der Waals surface area contributed by atoms with Crippen molar-refractivity contribution in [2.75, 3.05) is 0 Å². The van der Waals surface area contributed by atoms with Gasteiger partial charge in [0.2, 0.25) is 5.69 Å². The van der Waals surface area contributed by atoms with Crippen LogP contribution in [0.3, 0.4) is 0 Å². The Labute approximate surface area is 242 Å². The summed E-state index contributed by atoms with van der Waals surface area (Å²) in [4.78, 5) is 18.4. The van der Waals surface area contributed by atoms with Gasteiger partial charge in [-0.3, -0.25) is 15.0 Å². The number of halogens is 1. The van der Waals surface area contributed by atoms with Crippen LogP contribution in [0.4, 0.5) is 11.4 Å². The molecule has 0 aliphatic rings. The lowest BCUT2D eigenvalue weighted by molar-refractivity contribution is 0.168. The molecule has 3 aromatic heterocycles. The predicted molar refractivity (Wildman–Crippen MR) is 159 cm³/mol. The molecular weight excluding hydrogens is 573 g/mol. The molecule has 204 valence electrons. The van der Waals surface area contributed by atoms with E-state index in [1.165, 1.54) is 18.3 Å². The fraction of sp³-hybridized carbons (Fsp3) is 0.207. The van der Waals surface area contributed by atoms with Gasteiger partial charge in [-0.25, -0.2) is 9.69 Å². The summed E-state index contributed by atoms with van der Waals surface area (Å²) in [5.41, 5.74) is 4.59. The minimum atomic E-state index is -1.56. The first-order valence-corrected chi connectivity index (χ1v) is 13.1. The molecule has 1 aromatic carbocycles. The molecule has 4 N–H and O–H groups in total. The van der Waals surface area contributed by atoms with Gasteiger partial charge in [-0.05, 0) is 58.1 Å². The summed E-state index contributed by atoms with van der Waals surface area (Å²) >= 11 is 3.27. The van der Waals surface area contributed by atoms with Gasteiger partial charge in [0.1, 0.15) is 0 Å².